The molecule has 0 atom stereocenters. The number of fused-ring (bicyclic) bond motifs is 1. The quantitative estimate of drug-likeness (QED) is 0.547. The smallest absolute Gasteiger partial charge is 0.243 e. The lowest BCUT2D eigenvalue weighted by atomic mass is 10.0. The topological polar surface area (TPSA) is 60.2 Å². The Morgan fingerprint density at radius 3 is 2.61 bits per heavy atom. The van der Waals surface area contributed by atoms with Crippen molar-refractivity contribution in [2.75, 3.05) is 5.73 Å². The maximum absolute atomic E-state index is 12.5. The molecule has 0 aliphatic rings. The van der Waals surface area contributed by atoms with Crippen molar-refractivity contribution >= 4 is 56.1 Å². The minimum absolute atomic E-state index is 0.0927. The van der Waals surface area contributed by atoms with Crippen LogP contribution in [0, 0.1) is 0 Å². The van der Waals surface area contributed by atoms with E-state index in [2.05, 4.69) is 0 Å². The van der Waals surface area contributed by atoms with E-state index in [-0.39, 0.29) is 22.5 Å². The molecule has 0 aliphatic heterocycles. The highest BCUT2D eigenvalue weighted by Crippen LogP contribution is 2.23. The van der Waals surface area contributed by atoms with Crippen LogP contribution in [0.3, 0.4) is 0 Å². The van der Waals surface area contributed by atoms with Crippen LogP contribution in [0.2, 0.25) is 10.0 Å². The molecule has 0 saturated heterocycles. The number of anilines is 1. The third-order valence-corrected chi connectivity index (χ3v) is 5.00. The first-order valence-corrected chi connectivity index (χ1v) is 8.32. The van der Waals surface area contributed by atoms with Crippen molar-refractivity contribution in [2.24, 2.45) is 0 Å². The highest BCUT2D eigenvalue weighted by molar-refractivity contribution is 7.16. The Kier molecular flexibility index (Phi) is 4.39. The van der Waals surface area contributed by atoms with Crippen LogP contribution in [-0.2, 0) is 6.42 Å². The van der Waals surface area contributed by atoms with Gasteiger partial charge in [0.1, 0.15) is 0 Å². The summed E-state index contributed by atoms with van der Waals surface area (Å²) in [6.07, 6.45) is 0.0927. The zero-order chi connectivity index (χ0) is 16.6. The number of carbonyl (C=O) groups excluding carboxylic acids is 1. The Labute approximate surface area is 146 Å². The molecule has 116 valence electrons. The van der Waals surface area contributed by atoms with Crippen LogP contribution in [-0.4, -0.2) is 5.78 Å². The first-order chi connectivity index (χ1) is 10.9. The van der Waals surface area contributed by atoms with Gasteiger partial charge in [-0.05, 0) is 47.3 Å². The van der Waals surface area contributed by atoms with Gasteiger partial charge in [0.2, 0.25) is 4.74 Å². The van der Waals surface area contributed by atoms with Crippen molar-refractivity contribution < 1.29 is 4.79 Å². The van der Waals surface area contributed by atoms with Gasteiger partial charge in [-0.25, -0.2) is 0 Å². The Balaban J connectivity index is 1.98. The van der Waals surface area contributed by atoms with Gasteiger partial charge in [-0.2, -0.15) is 0 Å². The molecule has 1 aromatic heterocycles. The predicted molar refractivity (Wildman–Crippen MR) is 97.0 cm³/mol. The predicted octanol–water partition coefficient (Wildman–Crippen LogP) is 4.58. The van der Waals surface area contributed by atoms with E-state index < -0.39 is 0 Å². The van der Waals surface area contributed by atoms with Gasteiger partial charge in [-0.15, -0.1) is 0 Å². The highest BCUT2D eigenvalue weighted by Gasteiger charge is 2.14. The lowest BCUT2D eigenvalue weighted by Crippen LogP contribution is -2.14. The number of carbonyl (C=O) groups is 1. The Morgan fingerprint density at radius 1 is 1.09 bits per heavy atom. The second-order valence-electron chi connectivity index (χ2n) is 5.09. The summed E-state index contributed by atoms with van der Waals surface area (Å²) in [5, 5.41) is 1.78. The zero-order valence-corrected chi connectivity index (χ0v) is 14.1. The summed E-state index contributed by atoms with van der Waals surface area (Å²) in [6, 6.07) is 11.8. The van der Waals surface area contributed by atoms with Gasteiger partial charge in [-0.1, -0.05) is 40.6 Å². The summed E-state index contributed by atoms with van der Waals surface area (Å²) < 4.78 is 0.540. The second kappa shape index (κ2) is 6.32. The summed E-state index contributed by atoms with van der Waals surface area (Å²) >= 11 is 12.9. The van der Waals surface area contributed by atoms with E-state index in [1.165, 1.54) is 0 Å². The Hall–Kier alpha value is -1.88. The van der Waals surface area contributed by atoms with Gasteiger partial charge in [-0.3, -0.25) is 9.59 Å². The standard InChI is InChI=1S/C17H11Cl2NO2S/c18-11-2-4-16-10(7-11)8-12(17(22)23-16)15(21)6-9-1-3-13(19)14(20)5-9/h1-5,7-8H,6,20H2. The molecule has 3 nitrogen and oxygen atoms in total. The van der Waals surface area contributed by atoms with Crippen LogP contribution in [0.1, 0.15) is 15.9 Å². The molecule has 0 radical (unpaired) electrons. The van der Waals surface area contributed by atoms with Gasteiger partial charge in [0, 0.05) is 16.1 Å². The zero-order valence-electron chi connectivity index (χ0n) is 11.8. The molecule has 0 amide bonds. The number of ketones is 1. The third-order valence-electron chi connectivity index (χ3n) is 3.42. The van der Waals surface area contributed by atoms with E-state index in [9.17, 15) is 9.59 Å². The molecule has 1 heterocycles. The van der Waals surface area contributed by atoms with E-state index in [1.54, 1.807) is 42.5 Å². The molecule has 0 fully saturated rings. The minimum Gasteiger partial charge on any atom is -0.398 e. The first kappa shape index (κ1) is 16.0. The monoisotopic (exact) mass is 363 g/mol. The van der Waals surface area contributed by atoms with Crippen LogP contribution in [0.4, 0.5) is 5.69 Å². The van der Waals surface area contributed by atoms with Crippen LogP contribution in [0.25, 0.3) is 10.1 Å². The SMILES string of the molecule is Nc1cc(CC(=O)c2cc3cc(Cl)ccc3sc2=O)ccc1Cl. The number of halogens is 2. The summed E-state index contributed by atoms with van der Waals surface area (Å²) in [5.74, 6) is -0.255. The fourth-order valence-electron chi connectivity index (χ4n) is 2.27. The summed E-state index contributed by atoms with van der Waals surface area (Å²) in [6.45, 7) is 0. The molecule has 0 unspecified atom stereocenters. The fraction of sp³-hybridized carbons (Fsp3) is 0.0588. The molecular formula is C17H11Cl2NO2S. The average molecular weight is 364 g/mol. The molecule has 23 heavy (non-hydrogen) atoms. The van der Waals surface area contributed by atoms with Gasteiger partial charge >= 0.3 is 0 Å². The Bertz CT molecular complexity index is 982. The van der Waals surface area contributed by atoms with Crippen molar-refractivity contribution in [1.82, 2.24) is 0 Å². The van der Waals surface area contributed by atoms with Crippen LogP contribution in [0.5, 0.6) is 0 Å². The molecule has 0 spiro atoms. The van der Waals surface area contributed by atoms with E-state index >= 15 is 0 Å². The molecule has 0 aliphatic carbocycles. The van der Waals surface area contributed by atoms with Crippen LogP contribution in [0.15, 0.2) is 47.3 Å². The lowest BCUT2D eigenvalue weighted by Gasteiger charge is -2.05. The molecule has 3 rings (SSSR count). The molecule has 0 saturated carbocycles. The first-order valence-electron chi connectivity index (χ1n) is 6.74. The number of nitrogens with two attached hydrogens (primary N) is 1. The largest absolute Gasteiger partial charge is 0.398 e. The number of hydrogen-bond donors (Lipinski definition) is 1. The van der Waals surface area contributed by atoms with Crippen molar-refractivity contribution in [3.63, 3.8) is 0 Å². The number of rotatable bonds is 3. The van der Waals surface area contributed by atoms with Crippen molar-refractivity contribution in [3.8, 4) is 0 Å². The number of Topliss-reactive ketones (excluding diaryl/α,β-unsaturated/α-hetero) is 1. The van der Waals surface area contributed by atoms with Gasteiger partial charge in [0.05, 0.1) is 16.3 Å². The van der Waals surface area contributed by atoms with Crippen LogP contribution >= 0.6 is 34.5 Å². The van der Waals surface area contributed by atoms with Crippen molar-refractivity contribution in [1.29, 1.82) is 0 Å². The number of hydrogen-bond acceptors (Lipinski definition) is 4. The maximum Gasteiger partial charge on any atom is 0.243 e. The van der Waals surface area contributed by atoms with Gasteiger partial charge in [0.25, 0.3) is 0 Å². The normalized spacial score (nSPS) is 10.9. The molecule has 2 aromatic carbocycles. The molecule has 0 bridgehead atoms. The third kappa shape index (κ3) is 3.39. The van der Waals surface area contributed by atoms with Crippen LogP contribution < -0.4 is 10.5 Å². The fourth-order valence-corrected chi connectivity index (χ4v) is 3.42. The molecular weight excluding hydrogens is 353 g/mol. The van der Waals surface area contributed by atoms with Gasteiger partial charge < -0.3 is 5.73 Å². The van der Waals surface area contributed by atoms with Gasteiger partial charge in [0.15, 0.2) is 5.78 Å². The lowest BCUT2D eigenvalue weighted by molar-refractivity contribution is 0.0992. The molecule has 3 aromatic rings. The summed E-state index contributed by atoms with van der Waals surface area (Å²) in [5.41, 5.74) is 7.03. The average Bonchev–Trinajstić information content (AvgIpc) is 2.50. The second-order valence-corrected chi connectivity index (χ2v) is 6.94. The molecule has 6 heteroatoms. The molecule has 2 N–H and O–H groups in total. The van der Waals surface area contributed by atoms with E-state index in [4.69, 9.17) is 28.9 Å². The van der Waals surface area contributed by atoms with E-state index in [1.807, 2.05) is 0 Å². The summed E-state index contributed by atoms with van der Waals surface area (Å²) in [4.78, 5) is 24.6. The highest BCUT2D eigenvalue weighted by atomic mass is 35.5. The number of benzene rings is 2. The van der Waals surface area contributed by atoms with Crippen molar-refractivity contribution in [3.05, 3.63) is 73.2 Å². The van der Waals surface area contributed by atoms with E-state index in [0.717, 1.165) is 21.4 Å². The minimum atomic E-state index is -0.258. The maximum atomic E-state index is 12.5. The Morgan fingerprint density at radius 2 is 1.87 bits per heavy atom. The van der Waals surface area contributed by atoms with Crippen molar-refractivity contribution in [2.45, 2.75) is 6.42 Å². The number of nitrogen functional groups attached to an aromatic ring is 1. The van der Waals surface area contributed by atoms with E-state index in [0.29, 0.717) is 21.3 Å². The summed E-state index contributed by atoms with van der Waals surface area (Å²) in [7, 11) is 0.